The Balaban J connectivity index is 0.00000141. The first-order valence-electron chi connectivity index (χ1n) is 10.6. The monoisotopic (exact) mass is 365 g/mol. The average molecular weight is 365 g/mol. The first kappa shape index (κ1) is 25.1. The van der Waals surface area contributed by atoms with Crippen molar-refractivity contribution in [3.05, 3.63) is 30.6 Å². The third kappa shape index (κ3) is 21.1. The molecule has 1 heterocycles. The number of hydrogen-bond donors (Lipinski definition) is 2. The van der Waals surface area contributed by atoms with Crippen LogP contribution >= 0.6 is 0 Å². The lowest BCUT2D eigenvalue weighted by molar-refractivity contribution is -0.697. The lowest BCUT2D eigenvalue weighted by atomic mass is 10.0. The lowest BCUT2D eigenvalue weighted by Gasteiger charge is -2.02. The highest BCUT2D eigenvalue weighted by molar-refractivity contribution is 6.28. The van der Waals surface area contributed by atoms with Crippen LogP contribution in [0.2, 0.25) is 0 Å². The van der Waals surface area contributed by atoms with Gasteiger partial charge < -0.3 is 15.1 Å². The molecule has 0 unspecified atom stereocenters. The molecule has 1 aromatic rings. The Kier molecular flexibility index (Phi) is 19.7. The fourth-order valence-corrected chi connectivity index (χ4v) is 3.07. The van der Waals surface area contributed by atoms with Crippen molar-refractivity contribution in [2.45, 2.75) is 103 Å². The van der Waals surface area contributed by atoms with E-state index in [2.05, 4.69) is 42.1 Å². The number of aromatic nitrogens is 1. The van der Waals surface area contributed by atoms with E-state index in [1.165, 1.54) is 96.4 Å². The maximum atomic E-state index is 8.64. The Labute approximate surface area is 161 Å². The van der Waals surface area contributed by atoms with Crippen LogP contribution < -0.4 is 9.59 Å². The topological polar surface area (TPSA) is 67.4 Å². The van der Waals surface area contributed by atoms with Crippen molar-refractivity contribution in [3.63, 3.8) is 0 Å². The third-order valence-corrected chi connectivity index (χ3v) is 4.55. The van der Waals surface area contributed by atoms with Gasteiger partial charge in [0.05, 0.1) is 0 Å². The summed E-state index contributed by atoms with van der Waals surface area (Å²) in [7, 11) is -2.42. The van der Waals surface area contributed by atoms with Crippen molar-refractivity contribution in [3.8, 4) is 0 Å². The predicted octanol–water partition coefficient (Wildman–Crippen LogP) is 3.77. The number of hydrogen-bond acceptors (Lipinski definition) is 3. The molecule has 0 aromatic carbocycles. The molecule has 0 spiro atoms. The van der Waals surface area contributed by atoms with Gasteiger partial charge in [-0.25, -0.2) is 4.57 Å². The third-order valence-electron chi connectivity index (χ3n) is 4.55. The molecule has 0 aliphatic rings. The summed E-state index contributed by atoms with van der Waals surface area (Å²) in [5, 5.41) is 22.8. The molecule has 26 heavy (non-hydrogen) atoms. The number of pyridine rings is 1. The quantitative estimate of drug-likeness (QED) is 0.282. The lowest BCUT2D eigenvalue weighted by Crippen LogP contribution is -2.32. The van der Waals surface area contributed by atoms with Crippen LogP contribution in [0.15, 0.2) is 30.6 Å². The van der Waals surface area contributed by atoms with Crippen molar-refractivity contribution in [1.82, 2.24) is 0 Å². The van der Waals surface area contributed by atoms with Gasteiger partial charge in [0.2, 0.25) is 0 Å². The molecular weight excluding hydrogens is 325 g/mol. The predicted molar refractivity (Wildman–Crippen MR) is 107 cm³/mol. The zero-order valence-electron chi connectivity index (χ0n) is 16.8. The molecule has 0 fully saturated rings. The van der Waals surface area contributed by atoms with Gasteiger partial charge in [-0.15, -0.1) is 0 Å². The second kappa shape index (κ2) is 20.4. The minimum atomic E-state index is -2.42. The average Bonchev–Trinajstić information content (AvgIpc) is 2.62. The molecule has 0 amide bonds. The summed E-state index contributed by atoms with van der Waals surface area (Å²) in [6.07, 6.45) is 24.4. The number of unbranched alkanes of at least 4 members (excludes halogenated alkanes) is 13. The van der Waals surface area contributed by atoms with Crippen molar-refractivity contribution in [2.75, 3.05) is 0 Å². The molecule has 1 rings (SSSR count). The van der Waals surface area contributed by atoms with Crippen molar-refractivity contribution < 1.29 is 19.6 Å². The highest BCUT2D eigenvalue weighted by Crippen LogP contribution is 2.12. The second-order valence-corrected chi connectivity index (χ2v) is 7.04. The fraction of sp³-hybridized carbons (Fsp3) is 0.762. The summed E-state index contributed by atoms with van der Waals surface area (Å²) in [5.41, 5.74) is 0. The van der Waals surface area contributed by atoms with Gasteiger partial charge in [-0.2, -0.15) is 0 Å². The SMILES string of the molecule is CCCCCCCCCCCCCCCC[n+]1ccccc1.[O-]B(O)O. The Hall–Kier alpha value is -0.905. The molecular formula is C21H40BNO3. The van der Waals surface area contributed by atoms with Gasteiger partial charge in [0.1, 0.15) is 6.54 Å². The van der Waals surface area contributed by atoms with Crippen LogP contribution in [0, 0.1) is 0 Å². The summed E-state index contributed by atoms with van der Waals surface area (Å²) in [4.78, 5) is 0. The molecule has 0 saturated heterocycles. The van der Waals surface area contributed by atoms with Gasteiger partial charge >= 0.3 is 7.32 Å². The Morgan fingerprint density at radius 1 is 0.654 bits per heavy atom. The van der Waals surface area contributed by atoms with Gasteiger partial charge in [0, 0.05) is 18.6 Å². The highest BCUT2D eigenvalue weighted by Gasteiger charge is 1.98. The summed E-state index contributed by atoms with van der Waals surface area (Å²) < 4.78 is 2.29. The highest BCUT2D eigenvalue weighted by atomic mass is 16.5. The summed E-state index contributed by atoms with van der Waals surface area (Å²) >= 11 is 0. The van der Waals surface area contributed by atoms with Crippen LogP contribution in [0.25, 0.3) is 0 Å². The maximum Gasteiger partial charge on any atom is 0.339 e. The summed E-state index contributed by atoms with van der Waals surface area (Å²) in [6.45, 7) is 3.47. The van der Waals surface area contributed by atoms with Gasteiger partial charge in [-0.05, 0) is 6.42 Å². The van der Waals surface area contributed by atoms with Crippen LogP contribution in [-0.2, 0) is 6.54 Å². The van der Waals surface area contributed by atoms with E-state index in [0.29, 0.717) is 0 Å². The van der Waals surface area contributed by atoms with E-state index in [-0.39, 0.29) is 0 Å². The standard InChI is InChI=1S/C21H38N.BH2O3/c1-2-3-4-5-6-7-8-9-10-11-12-13-14-16-19-22-20-17-15-18-21-22;2-1(3)4/h15,17-18,20-21H,2-14,16,19H2,1H3;2-3H/q+1;-1. The van der Waals surface area contributed by atoms with Crippen molar-refractivity contribution in [2.24, 2.45) is 0 Å². The van der Waals surface area contributed by atoms with Gasteiger partial charge in [-0.3, -0.25) is 0 Å². The number of aryl methyl sites for hydroxylation is 1. The minimum Gasteiger partial charge on any atom is -0.832 e. The van der Waals surface area contributed by atoms with Gasteiger partial charge in [0.15, 0.2) is 12.4 Å². The van der Waals surface area contributed by atoms with E-state index in [9.17, 15) is 0 Å². The van der Waals surface area contributed by atoms with E-state index < -0.39 is 7.32 Å². The molecule has 4 nitrogen and oxygen atoms in total. The molecule has 2 N–H and O–H groups in total. The summed E-state index contributed by atoms with van der Waals surface area (Å²) in [6, 6.07) is 6.31. The van der Waals surface area contributed by atoms with E-state index in [4.69, 9.17) is 15.1 Å². The molecule has 0 atom stereocenters. The first-order chi connectivity index (χ1) is 12.7. The first-order valence-corrected chi connectivity index (χ1v) is 10.6. The van der Waals surface area contributed by atoms with Crippen molar-refractivity contribution >= 4 is 7.32 Å². The maximum absolute atomic E-state index is 8.64. The molecule has 150 valence electrons. The molecule has 0 aliphatic carbocycles. The minimum absolute atomic E-state index is 1.18. The number of rotatable bonds is 15. The van der Waals surface area contributed by atoms with Crippen LogP contribution in [0.1, 0.15) is 96.8 Å². The fourth-order valence-electron chi connectivity index (χ4n) is 3.07. The Morgan fingerprint density at radius 3 is 1.38 bits per heavy atom. The molecule has 0 saturated carbocycles. The van der Waals surface area contributed by atoms with Crippen LogP contribution in [-0.4, -0.2) is 17.4 Å². The van der Waals surface area contributed by atoms with Crippen LogP contribution in [0.5, 0.6) is 0 Å². The van der Waals surface area contributed by atoms with E-state index in [1.807, 2.05) is 0 Å². The largest absolute Gasteiger partial charge is 0.832 e. The molecule has 1 aromatic heterocycles. The smallest absolute Gasteiger partial charge is 0.339 e. The van der Waals surface area contributed by atoms with E-state index in [0.717, 1.165) is 0 Å². The molecule has 5 heteroatoms. The Morgan fingerprint density at radius 2 is 1.00 bits per heavy atom. The van der Waals surface area contributed by atoms with E-state index in [1.54, 1.807) is 0 Å². The van der Waals surface area contributed by atoms with Gasteiger partial charge in [-0.1, -0.05) is 90.0 Å². The van der Waals surface area contributed by atoms with Crippen molar-refractivity contribution in [1.29, 1.82) is 0 Å². The molecule has 0 bridgehead atoms. The van der Waals surface area contributed by atoms with Crippen LogP contribution in [0.3, 0.4) is 0 Å². The molecule has 0 aliphatic heterocycles. The molecule has 0 radical (unpaired) electrons. The van der Waals surface area contributed by atoms with E-state index >= 15 is 0 Å². The second-order valence-electron chi connectivity index (χ2n) is 7.04. The summed E-state index contributed by atoms with van der Waals surface area (Å²) in [5.74, 6) is 0. The van der Waals surface area contributed by atoms with Crippen LogP contribution in [0.4, 0.5) is 0 Å². The zero-order chi connectivity index (χ0) is 19.3. The number of nitrogens with zero attached hydrogens (tertiary/aromatic N) is 1. The van der Waals surface area contributed by atoms with Gasteiger partial charge in [0.25, 0.3) is 0 Å². The Bertz CT molecular complexity index is 374. The normalized spacial score (nSPS) is 10.3. The zero-order valence-corrected chi connectivity index (χ0v) is 16.8.